The van der Waals surface area contributed by atoms with Crippen molar-refractivity contribution < 1.29 is 32.2 Å². The number of benzene rings is 2. The van der Waals surface area contributed by atoms with E-state index in [0.717, 1.165) is 11.8 Å². The van der Waals surface area contributed by atoms with Crippen LogP contribution in [0.4, 0.5) is 0 Å². The minimum atomic E-state index is -3.46. The van der Waals surface area contributed by atoms with Gasteiger partial charge in [-0.1, -0.05) is 12.1 Å². The van der Waals surface area contributed by atoms with Crippen LogP contribution in [0.5, 0.6) is 11.5 Å². The van der Waals surface area contributed by atoms with Gasteiger partial charge in [0.1, 0.15) is 0 Å². The van der Waals surface area contributed by atoms with Crippen molar-refractivity contribution in [3.05, 3.63) is 53.1 Å². The Kier molecular flexibility index (Phi) is 5.78. The van der Waals surface area contributed by atoms with Gasteiger partial charge in [-0.2, -0.15) is 0 Å². The Morgan fingerprint density at radius 3 is 2.59 bits per heavy atom. The minimum absolute atomic E-state index is 0.0101. The summed E-state index contributed by atoms with van der Waals surface area (Å²) in [5.41, 5.74) is 1.46. The first-order valence-corrected chi connectivity index (χ1v) is 10.7. The van der Waals surface area contributed by atoms with Crippen LogP contribution in [-0.2, 0) is 19.4 Å². The van der Waals surface area contributed by atoms with Crippen molar-refractivity contribution in [3.63, 3.8) is 0 Å². The lowest BCUT2D eigenvalue weighted by Crippen LogP contribution is -2.31. The van der Waals surface area contributed by atoms with Crippen LogP contribution in [0.15, 0.2) is 41.3 Å². The van der Waals surface area contributed by atoms with Crippen molar-refractivity contribution in [3.8, 4) is 11.5 Å². The Labute approximate surface area is 168 Å². The number of aryl methyl sites for hydroxylation is 1. The molecule has 2 aromatic carbocycles. The monoisotopic (exact) mass is 419 g/mol. The molecular weight excluding hydrogens is 398 g/mol. The van der Waals surface area contributed by atoms with E-state index in [-0.39, 0.29) is 23.3 Å². The molecule has 0 spiro atoms. The van der Waals surface area contributed by atoms with Crippen LogP contribution in [-0.4, -0.2) is 39.9 Å². The van der Waals surface area contributed by atoms with E-state index in [1.54, 1.807) is 26.0 Å². The average Bonchev–Trinajstić information content (AvgIpc) is 3.13. The van der Waals surface area contributed by atoms with Crippen molar-refractivity contribution in [2.45, 2.75) is 24.8 Å². The van der Waals surface area contributed by atoms with Gasteiger partial charge >= 0.3 is 5.97 Å². The molecule has 9 heteroatoms. The van der Waals surface area contributed by atoms with Gasteiger partial charge in [-0.3, -0.25) is 4.79 Å². The second-order valence-corrected chi connectivity index (χ2v) is 8.74. The van der Waals surface area contributed by atoms with E-state index in [1.165, 1.54) is 18.2 Å². The molecule has 1 atom stereocenters. The van der Waals surface area contributed by atoms with E-state index in [1.807, 2.05) is 6.07 Å². The van der Waals surface area contributed by atoms with Gasteiger partial charge in [0, 0.05) is 6.26 Å². The van der Waals surface area contributed by atoms with Crippen LogP contribution < -0.4 is 14.8 Å². The number of fused-ring (bicyclic) bond motifs is 1. The van der Waals surface area contributed by atoms with Crippen LogP contribution in [0, 0.1) is 6.92 Å². The van der Waals surface area contributed by atoms with Crippen molar-refractivity contribution >= 4 is 21.7 Å². The maximum Gasteiger partial charge on any atom is 0.338 e. The maximum absolute atomic E-state index is 12.3. The minimum Gasteiger partial charge on any atom is -0.454 e. The lowest BCUT2D eigenvalue weighted by molar-refractivity contribution is -0.124. The molecule has 1 amide bonds. The van der Waals surface area contributed by atoms with E-state index >= 15 is 0 Å². The summed E-state index contributed by atoms with van der Waals surface area (Å²) in [6.45, 7) is 3.12. The number of hydrogen-bond donors (Lipinski definition) is 1. The molecule has 1 aliphatic heterocycles. The van der Waals surface area contributed by atoms with Gasteiger partial charge in [0.2, 0.25) is 6.79 Å². The summed E-state index contributed by atoms with van der Waals surface area (Å²) in [4.78, 5) is 24.5. The molecule has 0 aliphatic carbocycles. The standard InChI is InChI=1S/C20H21NO7S/c1-12-4-6-15(29(3,24)25)9-16(12)20(23)26-10-19(22)21-13(2)14-5-7-17-18(8-14)28-11-27-17/h4-9,13H,10-11H2,1-3H3,(H,21,22)/t13-/m1/s1. The van der Waals surface area contributed by atoms with E-state index in [9.17, 15) is 18.0 Å². The smallest absolute Gasteiger partial charge is 0.338 e. The summed E-state index contributed by atoms with van der Waals surface area (Å²) in [6.07, 6.45) is 1.05. The molecule has 29 heavy (non-hydrogen) atoms. The zero-order chi connectivity index (χ0) is 21.2. The van der Waals surface area contributed by atoms with Crippen LogP contribution in [0.25, 0.3) is 0 Å². The Hall–Kier alpha value is -3.07. The lowest BCUT2D eigenvalue weighted by Gasteiger charge is -2.15. The molecule has 0 aromatic heterocycles. The van der Waals surface area contributed by atoms with Gasteiger partial charge in [0.25, 0.3) is 5.91 Å². The molecule has 0 radical (unpaired) electrons. The molecular formula is C20H21NO7S. The van der Waals surface area contributed by atoms with Crippen LogP contribution in [0.1, 0.15) is 34.5 Å². The molecule has 0 saturated heterocycles. The molecule has 3 rings (SSSR count). The molecule has 1 aliphatic rings. The average molecular weight is 419 g/mol. The molecule has 0 fully saturated rings. The SMILES string of the molecule is Cc1ccc(S(C)(=O)=O)cc1C(=O)OCC(=O)N[C@H](C)c1ccc2c(c1)OCO2. The van der Waals surface area contributed by atoms with E-state index < -0.39 is 28.3 Å². The molecule has 0 bridgehead atoms. The highest BCUT2D eigenvalue weighted by atomic mass is 32.2. The third kappa shape index (κ3) is 4.86. The van der Waals surface area contributed by atoms with Crippen molar-refractivity contribution in [2.24, 2.45) is 0 Å². The van der Waals surface area contributed by atoms with Crippen LogP contribution in [0.2, 0.25) is 0 Å². The Morgan fingerprint density at radius 2 is 1.86 bits per heavy atom. The second-order valence-electron chi connectivity index (χ2n) is 6.73. The van der Waals surface area contributed by atoms with Gasteiger partial charge in [-0.15, -0.1) is 0 Å². The number of hydrogen-bond acceptors (Lipinski definition) is 7. The Morgan fingerprint density at radius 1 is 1.14 bits per heavy atom. The number of carbonyl (C=O) groups is 2. The normalized spacial score (nSPS) is 13.6. The number of ether oxygens (including phenoxy) is 3. The molecule has 8 nitrogen and oxygen atoms in total. The van der Waals surface area contributed by atoms with Gasteiger partial charge in [0.05, 0.1) is 16.5 Å². The van der Waals surface area contributed by atoms with Crippen molar-refractivity contribution in [1.29, 1.82) is 0 Å². The number of nitrogens with one attached hydrogen (secondary N) is 1. The zero-order valence-corrected chi connectivity index (χ0v) is 17.0. The first kappa shape index (κ1) is 20.7. The number of sulfone groups is 1. The number of carbonyl (C=O) groups excluding carboxylic acids is 2. The molecule has 0 unspecified atom stereocenters. The molecule has 1 N–H and O–H groups in total. The predicted molar refractivity (Wildman–Crippen MR) is 104 cm³/mol. The van der Waals surface area contributed by atoms with Gasteiger partial charge in [0.15, 0.2) is 27.9 Å². The Balaban J connectivity index is 1.60. The summed E-state index contributed by atoms with van der Waals surface area (Å²) in [5.74, 6) is 0.00322. The number of esters is 1. The van der Waals surface area contributed by atoms with Crippen LogP contribution >= 0.6 is 0 Å². The fraction of sp³-hybridized carbons (Fsp3) is 0.300. The van der Waals surface area contributed by atoms with Crippen LogP contribution in [0.3, 0.4) is 0 Å². The molecule has 2 aromatic rings. The quantitative estimate of drug-likeness (QED) is 0.715. The largest absolute Gasteiger partial charge is 0.454 e. The molecule has 1 heterocycles. The fourth-order valence-corrected chi connectivity index (χ4v) is 3.46. The number of rotatable bonds is 6. The first-order chi connectivity index (χ1) is 13.6. The summed E-state index contributed by atoms with van der Waals surface area (Å²) in [7, 11) is -3.46. The second kappa shape index (κ2) is 8.12. The summed E-state index contributed by atoms with van der Waals surface area (Å²) >= 11 is 0. The number of amides is 1. The topological polar surface area (TPSA) is 108 Å². The van der Waals surface area contributed by atoms with Gasteiger partial charge in [-0.25, -0.2) is 13.2 Å². The van der Waals surface area contributed by atoms with Gasteiger partial charge < -0.3 is 19.5 Å². The lowest BCUT2D eigenvalue weighted by atomic mass is 10.1. The van der Waals surface area contributed by atoms with E-state index in [4.69, 9.17) is 14.2 Å². The Bertz CT molecular complexity index is 1060. The van der Waals surface area contributed by atoms with Crippen molar-refractivity contribution in [1.82, 2.24) is 5.32 Å². The fourth-order valence-electron chi connectivity index (χ4n) is 2.81. The summed E-state index contributed by atoms with van der Waals surface area (Å²) < 4.78 is 39.0. The zero-order valence-electron chi connectivity index (χ0n) is 16.2. The third-order valence-electron chi connectivity index (χ3n) is 4.47. The molecule has 0 saturated carbocycles. The third-order valence-corrected chi connectivity index (χ3v) is 5.58. The first-order valence-electron chi connectivity index (χ1n) is 8.82. The van der Waals surface area contributed by atoms with E-state index in [2.05, 4.69) is 5.32 Å². The highest BCUT2D eigenvalue weighted by molar-refractivity contribution is 7.90. The predicted octanol–water partition coefficient (Wildman–Crippen LogP) is 2.16. The maximum atomic E-state index is 12.3. The van der Waals surface area contributed by atoms with Gasteiger partial charge in [-0.05, 0) is 49.2 Å². The summed E-state index contributed by atoms with van der Waals surface area (Å²) in [6, 6.07) is 9.20. The highest BCUT2D eigenvalue weighted by Crippen LogP contribution is 2.34. The van der Waals surface area contributed by atoms with Crippen molar-refractivity contribution in [2.75, 3.05) is 19.7 Å². The highest BCUT2D eigenvalue weighted by Gasteiger charge is 2.19. The summed E-state index contributed by atoms with van der Waals surface area (Å²) in [5, 5.41) is 2.74. The molecule has 154 valence electrons. The van der Waals surface area contributed by atoms with E-state index in [0.29, 0.717) is 17.1 Å².